The highest BCUT2D eigenvalue weighted by Gasteiger charge is 2.18. The van der Waals surface area contributed by atoms with Crippen LogP contribution in [-0.2, 0) is 4.79 Å². The number of amides is 2. The van der Waals surface area contributed by atoms with Gasteiger partial charge >= 0.3 is 0 Å². The van der Waals surface area contributed by atoms with Gasteiger partial charge in [0.25, 0.3) is 17.5 Å². The van der Waals surface area contributed by atoms with Crippen molar-refractivity contribution < 1.29 is 19.2 Å². The predicted octanol–water partition coefficient (Wildman–Crippen LogP) is 1.79. The van der Waals surface area contributed by atoms with Crippen LogP contribution >= 0.6 is 0 Å². The van der Waals surface area contributed by atoms with Gasteiger partial charge in [0.15, 0.2) is 0 Å². The summed E-state index contributed by atoms with van der Waals surface area (Å²) in [5.74, 6) is -0.525. The highest BCUT2D eigenvalue weighted by atomic mass is 16.6. The minimum atomic E-state index is -0.583. The van der Waals surface area contributed by atoms with E-state index in [0.717, 1.165) is 0 Å². The molecule has 0 spiro atoms. The summed E-state index contributed by atoms with van der Waals surface area (Å²) in [6.07, 6.45) is 1.42. The SMILES string of the molecule is COc1ccccc1/C=N/NC(=O)CNC(=O)c1cccc([N+](=O)[O-])c1C. The van der Waals surface area contributed by atoms with Gasteiger partial charge < -0.3 is 10.1 Å². The van der Waals surface area contributed by atoms with Crippen LogP contribution in [0.2, 0.25) is 0 Å². The van der Waals surface area contributed by atoms with E-state index in [4.69, 9.17) is 4.74 Å². The molecule has 0 unspecified atom stereocenters. The summed E-state index contributed by atoms with van der Waals surface area (Å²) >= 11 is 0. The lowest BCUT2D eigenvalue weighted by molar-refractivity contribution is -0.385. The number of hydrazone groups is 1. The molecule has 0 bridgehead atoms. The third-order valence-corrected chi connectivity index (χ3v) is 3.69. The molecule has 0 saturated carbocycles. The number of nitrogens with zero attached hydrogens (tertiary/aromatic N) is 2. The fourth-order valence-corrected chi connectivity index (χ4v) is 2.31. The van der Waals surface area contributed by atoms with Crippen LogP contribution in [0.3, 0.4) is 0 Å². The van der Waals surface area contributed by atoms with Crippen LogP contribution in [0.4, 0.5) is 5.69 Å². The minimum Gasteiger partial charge on any atom is -0.496 e. The van der Waals surface area contributed by atoms with E-state index in [1.54, 1.807) is 24.3 Å². The number of nitro groups is 1. The first-order valence-corrected chi connectivity index (χ1v) is 7.91. The number of ether oxygens (including phenoxy) is 1. The van der Waals surface area contributed by atoms with Crippen molar-refractivity contribution in [2.45, 2.75) is 6.92 Å². The maximum absolute atomic E-state index is 12.2. The molecular weight excluding hydrogens is 352 g/mol. The summed E-state index contributed by atoms with van der Waals surface area (Å²) in [5.41, 5.74) is 3.17. The van der Waals surface area contributed by atoms with Gasteiger partial charge in [-0.1, -0.05) is 18.2 Å². The Kier molecular flexibility index (Phi) is 6.59. The molecule has 2 rings (SSSR count). The first kappa shape index (κ1) is 19.6. The zero-order chi connectivity index (χ0) is 19.8. The number of nitro benzene ring substituents is 1. The van der Waals surface area contributed by atoms with E-state index in [-0.39, 0.29) is 23.4 Å². The van der Waals surface area contributed by atoms with Crippen LogP contribution in [0, 0.1) is 17.0 Å². The van der Waals surface area contributed by atoms with Crippen molar-refractivity contribution in [1.82, 2.24) is 10.7 Å². The molecule has 140 valence electrons. The van der Waals surface area contributed by atoms with Crippen molar-refractivity contribution in [2.75, 3.05) is 13.7 Å². The molecule has 0 heterocycles. The predicted molar refractivity (Wildman–Crippen MR) is 98.9 cm³/mol. The third-order valence-electron chi connectivity index (χ3n) is 3.69. The molecule has 2 amide bonds. The number of para-hydroxylation sites is 1. The molecule has 0 aliphatic rings. The van der Waals surface area contributed by atoms with Gasteiger partial charge in [-0.05, 0) is 25.1 Å². The Morgan fingerprint density at radius 1 is 1.22 bits per heavy atom. The monoisotopic (exact) mass is 370 g/mol. The molecule has 0 radical (unpaired) electrons. The van der Waals surface area contributed by atoms with Gasteiger partial charge in [0.05, 0.1) is 24.8 Å². The summed E-state index contributed by atoms with van der Waals surface area (Å²) < 4.78 is 5.16. The average molecular weight is 370 g/mol. The molecule has 2 aromatic rings. The van der Waals surface area contributed by atoms with Crippen molar-refractivity contribution >= 4 is 23.7 Å². The van der Waals surface area contributed by atoms with E-state index in [2.05, 4.69) is 15.8 Å². The number of benzene rings is 2. The molecule has 0 aromatic heterocycles. The van der Waals surface area contributed by atoms with Crippen LogP contribution < -0.4 is 15.5 Å². The van der Waals surface area contributed by atoms with Crippen LogP contribution in [0.1, 0.15) is 21.5 Å². The maximum atomic E-state index is 12.2. The standard InChI is InChI=1S/C18H18N4O5/c1-12-14(7-5-8-15(12)22(25)26)18(24)19-11-17(23)21-20-10-13-6-3-4-9-16(13)27-2/h3-10H,11H2,1-2H3,(H,19,24)(H,21,23)/b20-10+. The summed E-state index contributed by atoms with van der Waals surface area (Å²) in [6, 6.07) is 11.3. The molecule has 0 fully saturated rings. The average Bonchev–Trinajstić information content (AvgIpc) is 2.66. The summed E-state index contributed by atoms with van der Waals surface area (Å²) in [7, 11) is 1.52. The second kappa shape index (κ2) is 9.09. The van der Waals surface area contributed by atoms with Crippen molar-refractivity contribution in [3.8, 4) is 5.75 Å². The number of rotatable bonds is 7. The topological polar surface area (TPSA) is 123 Å². The zero-order valence-corrected chi connectivity index (χ0v) is 14.8. The fourth-order valence-electron chi connectivity index (χ4n) is 2.31. The first-order chi connectivity index (χ1) is 12.9. The van der Waals surface area contributed by atoms with Crippen molar-refractivity contribution in [1.29, 1.82) is 0 Å². The molecule has 9 heteroatoms. The molecule has 0 aliphatic carbocycles. The third kappa shape index (κ3) is 5.11. The molecule has 2 aromatic carbocycles. The number of methoxy groups -OCH3 is 1. The molecule has 0 saturated heterocycles. The number of nitrogens with one attached hydrogen (secondary N) is 2. The van der Waals surface area contributed by atoms with E-state index in [9.17, 15) is 19.7 Å². The van der Waals surface area contributed by atoms with Crippen LogP contribution in [0.5, 0.6) is 5.75 Å². The van der Waals surface area contributed by atoms with Crippen molar-refractivity contribution in [3.05, 3.63) is 69.3 Å². The number of carbonyl (C=O) groups is 2. The molecule has 0 atom stereocenters. The second-order valence-electron chi connectivity index (χ2n) is 5.42. The Hall–Kier alpha value is -3.75. The van der Waals surface area contributed by atoms with Gasteiger partial charge in [0.2, 0.25) is 0 Å². The van der Waals surface area contributed by atoms with Gasteiger partial charge in [-0.25, -0.2) is 5.43 Å². The number of hydrogen-bond acceptors (Lipinski definition) is 6. The lowest BCUT2D eigenvalue weighted by Crippen LogP contribution is -2.35. The molecule has 9 nitrogen and oxygen atoms in total. The van der Waals surface area contributed by atoms with Gasteiger partial charge in [-0.15, -0.1) is 0 Å². The van der Waals surface area contributed by atoms with E-state index in [0.29, 0.717) is 11.3 Å². The van der Waals surface area contributed by atoms with E-state index >= 15 is 0 Å². The van der Waals surface area contributed by atoms with E-state index in [1.165, 1.54) is 38.4 Å². The normalized spacial score (nSPS) is 10.4. The number of carbonyl (C=O) groups excluding carboxylic acids is 2. The van der Waals surface area contributed by atoms with Crippen LogP contribution in [0.25, 0.3) is 0 Å². The molecule has 27 heavy (non-hydrogen) atoms. The smallest absolute Gasteiger partial charge is 0.273 e. The molecule has 0 aliphatic heterocycles. The lowest BCUT2D eigenvalue weighted by Gasteiger charge is -2.07. The van der Waals surface area contributed by atoms with Crippen molar-refractivity contribution in [3.63, 3.8) is 0 Å². The largest absolute Gasteiger partial charge is 0.496 e. The van der Waals surface area contributed by atoms with E-state index < -0.39 is 16.7 Å². The Morgan fingerprint density at radius 2 is 1.96 bits per heavy atom. The summed E-state index contributed by atoms with van der Waals surface area (Å²) in [4.78, 5) is 34.3. The highest BCUT2D eigenvalue weighted by Crippen LogP contribution is 2.20. The van der Waals surface area contributed by atoms with Crippen molar-refractivity contribution in [2.24, 2.45) is 5.10 Å². The molecule has 2 N–H and O–H groups in total. The Labute approximate surface area is 155 Å². The van der Waals surface area contributed by atoms with E-state index in [1.807, 2.05) is 0 Å². The first-order valence-electron chi connectivity index (χ1n) is 7.91. The summed E-state index contributed by atoms with van der Waals surface area (Å²) in [5, 5.41) is 17.1. The second-order valence-corrected chi connectivity index (χ2v) is 5.42. The minimum absolute atomic E-state index is 0.134. The Morgan fingerprint density at radius 3 is 2.67 bits per heavy atom. The quantitative estimate of drug-likeness (QED) is 0.437. The molecular formula is C18H18N4O5. The van der Waals surface area contributed by atoms with Gasteiger partial charge in [-0.2, -0.15) is 5.10 Å². The lowest BCUT2D eigenvalue weighted by atomic mass is 10.1. The maximum Gasteiger partial charge on any atom is 0.273 e. The van der Waals surface area contributed by atoms with Crippen LogP contribution in [0.15, 0.2) is 47.6 Å². The Bertz CT molecular complexity index is 895. The highest BCUT2D eigenvalue weighted by molar-refractivity contribution is 5.98. The van der Waals surface area contributed by atoms with Gasteiger partial charge in [0, 0.05) is 22.8 Å². The van der Waals surface area contributed by atoms with Gasteiger partial charge in [0.1, 0.15) is 5.75 Å². The number of hydrogen-bond donors (Lipinski definition) is 2. The van der Waals surface area contributed by atoms with Crippen LogP contribution in [-0.4, -0.2) is 36.6 Å². The fraction of sp³-hybridized carbons (Fsp3) is 0.167. The van der Waals surface area contributed by atoms with Gasteiger partial charge in [-0.3, -0.25) is 19.7 Å². The summed E-state index contributed by atoms with van der Waals surface area (Å²) in [6.45, 7) is 1.15. The Balaban J connectivity index is 1.92. The zero-order valence-electron chi connectivity index (χ0n) is 14.8.